The molecule has 0 bridgehead atoms. The van der Waals surface area contributed by atoms with E-state index in [0.717, 1.165) is 6.42 Å². The number of carbonyl (C=O) groups excluding carboxylic acids is 1. The number of hydrogen-bond donors (Lipinski definition) is 0. The number of rotatable bonds is 9. The molecular weight excluding hydrogens is 284 g/mol. The molecule has 0 rings (SSSR count). The summed E-state index contributed by atoms with van der Waals surface area (Å²) in [5, 5.41) is 0. The van der Waals surface area contributed by atoms with Crippen LogP contribution in [0, 0.1) is 0 Å². The summed E-state index contributed by atoms with van der Waals surface area (Å²) in [5.74, 6) is -0.370. The minimum absolute atomic E-state index is 0.00979. The van der Waals surface area contributed by atoms with Crippen molar-refractivity contribution in [2.45, 2.75) is 45.5 Å². The maximum absolute atomic E-state index is 11.9. The second-order valence-electron chi connectivity index (χ2n) is 4.68. The number of ether oxygens (including phenoxy) is 1. The topological polar surface area (TPSA) is 63.2 Å². The molecule has 0 aromatic heterocycles. The Morgan fingerprint density at radius 2 is 1.63 bits per heavy atom. The summed E-state index contributed by atoms with van der Waals surface area (Å²) in [6.45, 7) is 7.53. The van der Waals surface area contributed by atoms with Gasteiger partial charge in [0, 0.05) is 21.3 Å². The van der Waals surface area contributed by atoms with E-state index in [1.165, 1.54) is 14.2 Å². The van der Waals surface area contributed by atoms with E-state index in [2.05, 4.69) is 0 Å². The average molecular weight is 310 g/mol. The van der Waals surface area contributed by atoms with Crippen molar-refractivity contribution in [3.8, 4) is 0 Å². The van der Waals surface area contributed by atoms with Crippen molar-refractivity contribution in [2.24, 2.45) is 0 Å². The Balaban J connectivity index is 4.75. The quantitative estimate of drug-likeness (QED) is 0.479. The second-order valence-corrected chi connectivity index (χ2v) is 11.2. The Kier molecular flexibility index (Phi) is 8.02. The third-order valence-electron chi connectivity index (χ3n) is 2.78. The molecule has 0 spiro atoms. The third-order valence-corrected chi connectivity index (χ3v) is 8.94. The van der Waals surface area contributed by atoms with Crippen LogP contribution >= 0.6 is 0 Å². The molecule has 0 aliphatic heterocycles. The van der Waals surface area contributed by atoms with Gasteiger partial charge in [0.15, 0.2) is 0 Å². The van der Waals surface area contributed by atoms with Gasteiger partial charge in [-0.1, -0.05) is 6.92 Å². The van der Waals surface area contributed by atoms with Crippen molar-refractivity contribution in [1.29, 1.82) is 0 Å². The first-order chi connectivity index (χ1) is 8.74. The van der Waals surface area contributed by atoms with Crippen molar-refractivity contribution >= 4 is 23.3 Å². The number of hydrogen-bond acceptors (Lipinski definition) is 6. The Morgan fingerprint density at radius 1 is 1.11 bits per heavy atom. The van der Waals surface area contributed by atoms with Crippen LogP contribution in [0.3, 0.4) is 0 Å². The van der Waals surface area contributed by atoms with E-state index in [1.54, 1.807) is 7.11 Å². The molecule has 0 aliphatic carbocycles. The van der Waals surface area contributed by atoms with Gasteiger partial charge >= 0.3 is 23.3 Å². The molecule has 1 atom stereocenters. The minimum Gasteiger partial charge on any atom is -0.463 e. The van der Waals surface area contributed by atoms with Gasteiger partial charge in [-0.2, -0.15) is 0 Å². The number of carbonyl (C=O) groups is 1. The second kappa shape index (κ2) is 8.12. The Hall–Kier alpha value is -0.256. The lowest BCUT2D eigenvalue weighted by atomic mass is 10.3. The molecule has 114 valence electrons. The fraction of sp³-hybridized carbons (Fsp3) is 0.909. The van der Waals surface area contributed by atoms with Gasteiger partial charge in [0.1, 0.15) is 6.04 Å². The zero-order valence-electron chi connectivity index (χ0n) is 12.9. The van der Waals surface area contributed by atoms with Gasteiger partial charge in [0.05, 0.1) is 6.10 Å². The zero-order valence-corrected chi connectivity index (χ0v) is 14.9. The Bertz CT molecular complexity index is 280. The lowest BCUT2D eigenvalue weighted by molar-refractivity contribution is -0.146. The van der Waals surface area contributed by atoms with Gasteiger partial charge in [-0.15, -0.1) is 0 Å². The summed E-state index contributed by atoms with van der Waals surface area (Å²) < 4.78 is 27.1. The molecule has 0 N–H and O–H groups in total. The predicted molar refractivity (Wildman–Crippen MR) is 76.0 cm³/mol. The van der Waals surface area contributed by atoms with Crippen LogP contribution in [0.15, 0.2) is 0 Å². The maximum Gasteiger partial charge on any atom is 0.503 e. The minimum atomic E-state index is -3.08. The SMILES string of the molecule is CCC(C)OC(=O)C[Si](OC)(OC)O[Si](C)(C)OC. The highest BCUT2D eigenvalue weighted by atomic mass is 28.5. The van der Waals surface area contributed by atoms with Gasteiger partial charge in [-0.25, -0.2) is 0 Å². The van der Waals surface area contributed by atoms with Gasteiger partial charge in [-0.05, 0) is 26.4 Å². The van der Waals surface area contributed by atoms with E-state index in [9.17, 15) is 4.79 Å². The van der Waals surface area contributed by atoms with Gasteiger partial charge in [-0.3, -0.25) is 4.79 Å². The van der Waals surface area contributed by atoms with Crippen LogP contribution < -0.4 is 0 Å². The van der Waals surface area contributed by atoms with E-state index in [1.807, 2.05) is 26.9 Å². The molecular formula is C11H26O6Si2. The average Bonchev–Trinajstić information content (AvgIpc) is 2.37. The summed E-state index contributed by atoms with van der Waals surface area (Å²) >= 11 is 0. The Morgan fingerprint density at radius 3 is 2.00 bits per heavy atom. The molecule has 6 nitrogen and oxygen atoms in total. The van der Waals surface area contributed by atoms with E-state index in [-0.39, 0.29) is 18.1 Å². The molecule has 0 heterocycles. The fourth-order valence-electron chi connectivity index (χ4n) is 1.29. The normalized spacial score (nSPS) is 14.3. The standard InChI is InChI=1S/C11H26O6Si2/c1-8-10(2)16-11(12)9-19(14-4,15-5)17-18(6,7)13-3/h10H,8-9H2,1-7H3. The zero-order chi connectivity index (χ0) is 15.1. The Labute approximate surface area is 117 Å². The molecule has 0 aliphatic rings. The summed E-state index contributed by atoms with van der Waals surface area (Å²) in [4.78, 5) is 11.9. The van der Waals surface area contributed by atoms with Crippen molar-refractivity contribution in [1.82, 2.24) is 0 Å². The highest BCUT2D eigenvalue weighted by Gasteiger charge is 2.48. The monoisotopic (exact) mass is 310 g/mol. The van der Waals surface area contributed by atoms with Gasteiger partial charge < -0.3 is 22.1 Å². The van der Waals surface area contributed by atoms with E-state index >= 15 is 0 Å². The van der Waals surface area contributed by atoms with Crippen LogP contribution in [0.5, 0.6) is 0 Å². The summed E-state index contributed by atoms with van der Waals surface area (Å²) in [6.07, 6.45) is 0.639. The molecule has 0 amide bonds. The highest BCUT2D eigenvalue weighted by molar-refractivity contribution is 6.78. The summed E-state index contributed by atoms with van der Waals surface area (Å²) in [5.41, 5.74) is 0. The van der Waals surface area contributed by atoms with Crippen LogP contribution in [-0.4, -0.2) is 50.8 Å². The predicted octanol–water partition coefficient (Wildman–Crippen LogP) is 1.92. The summed E-state index contributed by atoms with van der Waals surface area (Å²) in [7, 11) is -0.911. The van der Waals surface area contributed by atoms with Crippen molar-refractivity contribution < 1.29 is 26.9 Å². The van der Waals surface area contributed by atoms with Crippen LogP contribution in [0.1, 0.15) is 20.3 Å². The lowest BCUT2D eigenvalue weighted by Crippen LogP contribution is -2.54. The molecule has 1 unspecified atom stereocenters. The first-order valence-corrected chi connectivity index (χ1v) is 11.0. The molecule has 0 saturated heterocycles. The van der Waals surface area contributed by atoms with Crippen LogP contribution in [-0.2, 0) is 26.9 Å². The first kappa shape index (κ1) is 18.7. The fourth-order valence-corrected chi connectivity index (χ4v) is 6.47. The molecule has 0 saturated carbocycles. The smallest absolute Gasteiger partial charge is 0.463 e. The summed E-state index contributed by atoms with van der Waals surface area (Å²) in [6, 6.07) is -0.00979. The molecule has 0 fully saturated rings. The maximum atomic E-state index is 11.9. The van der Waals surface area contributed by atoms with Gasteiger partial charge in [0.25, 0.3) is 0 Å². The van der Waals surface area contributed by atoms with Crippen LogP contribution in [0.2, 0.25) is 19.1 Å². The van der Waals surface area contributed by atoms with E-state index < -0.39 is 17.4 Å². The molecule has 0 aromatic rings. The highest BCUT2D eigenvalue weighted by Crippen LogP contribution is 2.21. The van der Waals surface area contributed by atoms with Crippen molar-refractivity contribution in [3.05, 3.63) is 0 Å². The number of esters is 1. The van der Waals surface area contributed by atoms with Crippen LogP contribution in [0.4, 0.5) is 0 Å². The molecule has 8 heteroatoms. The lowest BCUT2D eigenvalue weighted by Gasteiger charge is -2.33. The van der Waals surface area contributed by atoms with Crippen LogP contribution in [0.25, 0.3) is 0 Å². The largest absolute Gasteiger partial charge is 0.503 e. The van der Waals surface area contributed by atoms with E-state index in [0.29, 0.717) is 0 Å². The van der Waals surface area contributed by atoms with E-state index in [4.69, 9.17) is 22.1 Å². The van der Waals surface area contributed by atoms with Crippen molar-refractivity contribution in [2.75, 3.05) is 21.3 Å². The third kappa shape index (κ3) is 6.64. The van der Waals surface area contributed by atoms with Gasteiger partial charge in [0.2, 0.25) is 0 Å². The first-order valence-electron chi connectivity index (χ1n) is 6.29. The molecule has 0 aromatic carbocycles. The molecule has 19 heavy (non-hydrogen) atoms. The molecule has 0 radical (unpaired) electrons. The van der Waals surface area contributed by atoms with Crippen molar-refractivity contribution in [3.63, 3.8) is 0 Å².